The maximum atomic E-state index is 12.5. The topological polar surface area (TPSA) is 129 Å². The molecule has 1 amide bonds. The van der Waals surface area contributed by atoms with E-state index in [1.165, 1.54) is 12.4 Å². The first-order valence-corrected chi connectivity index (χ1v) is 8.07. The molecule has 28 heavy (non-hydrogen) atoms. The molecule has 0 aliphatic rings. The summed E-state index contributed by atoms with van der Waals surface area (Å²) in [7, 11) is 1.15. The number of carbonyl (C=O) groups excluding carboxylic acids is 2. The molecule has 2 aromatic carbocycles. The van der Waals surface area contributed by atoms with E-state index in [9.17, 15) is 19.7 Å². The van der Waals surface area contributed by atoms with Crippen molar-refractivity contribution in [2.24, 2.45) is 0 Å². The number of amides is 1. The quantitative estimate of drug-likeness (QED) is 0.394. The van der Waals surface area contributed by atoms with Crippen molar-refractivity contribution < 1.29 is 19.2 Å². The zero-order chi connectivity index (χ0) is 20.1. The van der Waals surface area contributed by atoms with Crippen LogP contribution in [0.3, 0.4) is 0 Å². The van der Waals surface area contributed by atoms with Crippen LogP contribution in [0.4, 0.5) is 11.4 Å². The van der Waals surface area contributed by atoms with Crippen molar-refractivity contribution in [1.29, 1.82) is 0 Å². The number of nitro groups is 1. The average molecular weight is 381 g/mol. The zero-order valence-corrected chi connectivity index (χ0v) is 14.7. The van der Waals surface area contributed by atoms with Crippen molar-refractivity contribution in [3.63, 3.8) is 0 Å². The highest BCUT2D eigenvalue weighted by molar-refractivity contribution is 6.06. The van der Waals surface area contributed by atoms with Gasteiger partial charge in [-0.05, 0) is 23.8 Å². The molecule has 0 atom stereocenters. The third-order valence-electron chi connectivity index (χ3n) is 3.83. The van der Waals surface area contributed by atoms with Crippen LogP contribution in [0.2, 0.25) is 0 Å². The number of nitrogens with zero attached hydrogens (tertiary/aromatic N) is 4. The molecule has 3 aromatic rings. The summed E-state index contributed by atoms with van der Waals surface area (Å²) in [6, 6.07) is 10.4. The maximum absolute atomic E-state index is 12.5. The summed E-state index contributed by atoms with van der Waals surface area (Å²) in [4.78, 5) is 38.5. The number of hydrogen-bond donors (Lipinski definition) is 1. The van der Waals surface area contributed by atoms with Crippen molar-refractivity contribution in [2.45, 2.75) is 6.54 Å². The molecule has 0 spiro atoms. The standard InChI is InChI=1S/C18H15N5O5/c1-28-18(25)14-6-13(7-16(8-14)23(26)27)17(24)21-15-4-2-12(3-5-15)9-22-11-19-10-20-22/h2-8,10-11H,9H2,1H3,(H,21,24). The molecule has 0 bridgehead atoms. The molecule has 10 heteroatoms. The van der Waals surface area contributed by atoms with E-state index < -0.39 is 16.8 Å². The summed E-state index contributed by atoms with van der Waals surface area (Å²) in [5.74, 6) is -1.35. The Balaban J connectivity index is 1.77. The van der Waals surface area contributed by atoms with Gasteiger partial charge in [-0.25, -0.2) is 14.5 Å². The number of carbonyl (C=O) groups is 2. The van der Waals surface area contributed by atoms with Crippen LogP contribution in [0.25, 0.3) is 0 Å². The minimum Gasteiger partial charge on any atom is -0.465 e. The number of methoxy groups -OCH3 is 1. The Kier molecular flexibility index (Phi) is 5.40. The van der Waals surface area contributed by atoms with Gasteiger partial charge in [0, 0.05) is 23.4 Å². The van der Waals surface area contributed by atoms with E-state index in [0.717, 1.165) is 24.8 Å². The number of aromatic nitrogens is 3. The van der Waals surface area contributed by atoms with Crippen molar-refractivity contribution in [2.75, 3.05) is 12.4 Å². The molecule has 3 rings (SSSR count). The smallest absolute Gasteiger partial charge is 0.338 e. The van der Waals surface area contributed by atoms with Gasteiger partial charge in [0.1, 0.15) is 12.7 Å². The Morgan fingerprint density at radius 1 is 1.18 bits per heavy atom. The maximum Gasteiger partial charge on any atom is 0.338 e. The highest BCUT2D eigenvalue weighted by atomic mass is 16.6. The Bertz CT molecular complexity index is 1020. The number of nitrogens with one attached hydrogen (secondary N) is 1. The minimum absolute atomic E-state index is 0.0266. The van der Waals surface area contributed by atoms with Crippen LogP contribution in [0.1, 0.15) is 26.3 Å². The van der Waals surface area contributed by atoms with Crippen LogP contribution in [-0.2, 0) is 11.3 Å². The van der Waals surface area contributed by atoms with Gasteiger partial charge in [-0.2, -0.15) is 5.10 Å². The van der Waals surface area contributed by atoms with Gasteiger partial charge in [-0.1, -0.05) is 12.1 Å². The second kappa shape index (κ2) is 8.08. The highest BCUT2D eigenvalue weighted by Crippen LogP contribution is 2.20. The summed E-state index contributed by atoms with van der Waals surface area (Å²) in [6.07, 6.45) is 3.03. The molecule has 0 aliphatic heterocycles. The van der Waals surface area contributed by atoms with Crippen LogP contribution < -0.4 is 5.32 Å². The van der Waals surface area contributed by atoms with E-state index in [1.54, 1.807) is 23.1 Å². The van der Waals surface area contributed by atoms with Gasteiger partial charge in [0.05, 0.1) is 24.1 Å². The van der Waals surface area contributed by atoms with Gasteiger partial charge < -0.3 is 10.1 Å². The van der Waals surface area contributed by atoms with Crippen molar-refractivity contribution in [3.8, 4) is 0 Å². The van der Waals surface area contributed by atoms with E-state index in [-0.39, 0.29) is 16.8 Å². The zero-order valence-electron chi connectivity index (χ0n) is 14.7. The number of benzene rings is 2. The number of anilines is 1. The summed E-state index contributed by atoms with van der Waals surface area (Å²) in [6.45, 7) is 0.529. The third kappa shape index (κ3) is 4.36. The fourth-order valence-electron chi connectivity index (χ4n) is 2.48. The monoisotopic (exact) mass is 381 g/mol. The van der Waals surface area contributed by atoms with E-state index in [2.05, 4.69) is 20.1 Å². The van der Waals surface area contributed by atoms with Gasteiger partial charge in [0.2, 0.25) is 0 Å². The fraction of sp³-hybridized carbons (Fsp3) is 0.111. The van der Waals surface area contributed by atoms with Gasteiger partial charge in [-0.15, -0.1) is 0 Å². The SMILES string of the molecule is COC(=O)c1cc(C(=O)Nc2ccc(Cn3cncn3)cc2)cc([N+](=O)[O-])c1. The second-order valence-corrected chi connectivity index (χ2v) is 5.76. The lowest BCUT2D eigenvalue weighted by molar-refractivity contribution is -0.384. The predicted molar refractivity (Wildman–Crippen MR) is 98.0 cm³/mol. The van der Waals surface area contributed by atoms with E-state index in [1.807, 2.05) is 12.1 Å². The molecule has 0 radical (unpaired) electrons. The summed E-state index contributed by atoms with van der Waals surface area (Å²) in [5.41, 5.74) is 0.966. The molecular formula is C18H15N5O5. The highest BCUT2D eigenvalue weighted by Gasteiger charge is 2.18. The summed E-state index contributed by atoms with van der Waals surface area (Å²) in [5, 5.41) is 17.7. The van der Waals surface area contributed by atoms with Crippen LogP contribution in [0.5, 0.6) is 0 Å². The number of ether oxygens (including phenoxy) is 1. The van der Waals surface area contributed by atoms with Crippen LogP contribution >= 0.6 is 0 Å². The molecule has 0 saturated heterocycles. The molecule has 10 nitrogen and oxygen atoms in total. The second-order valence-electron chi connectivity index (χ2n) is 5.76. The first kappa shape index (κ1) is 18.7. The Hall–Kier alpha value is -4.08. The average Bonchev–Trinajstić information content (AvgIpc) is 3.21. The Labute approximate surface area is 158 Å². The van der Waals surface area contributed by atoms with Gasteiger partial charge in [0.15, 0.2) is 0 Å². The van der Waals surface area contributed by atoms with Crippen LogP contribution in [-0.4, -0.2) is 38.7 Å². The van der Waals surface area contributed by atoms with E-state index in [0.29, 0.717) is 12.2 Å². The summed E-state index contributed by atoms with van der Waals surface area (Å²) < 4.78 is 6.23. The lowest BCUT2D eigenvalue weighted by atomic mass is 10.1. The molecule has 0 fully saturated rings. The molecular weight excluding hydrogens is 366 g/mol. The van der Waals surface area contributed by atoms with Crippen molar-refractivity contribution in [3.05, 3.63) is 81.9 Å². The molecule has 0 saturated carbocycles. The molecule has 0 unspecified atom stereocenters. The van der Waals surface area contributed by atoms with Crippen molar-refractivity contribution in [1.82, 2.24) is 14.8 Å². The first-order valence-electron chi connectivity index (χ1n) is 8.07. The number of esters is 1. The van der Waals surface area contributed by atoms with Crippen molar-refractivity contribution >= 4 is 23.3 Å². The minimum atomic E-state index is -0.768. The Morgan fingerprint density at radius 2 is 1.89 bits per heavy atom. The largest absolute Gasteiger partial charge is 0.465 e. The number of hydrogen-bond acceptors (Lipinski definition) is 7. The molecule has 142 valence electrons. The molecule has 0 aliphatic carbocycles. The number of rotatable bonds is 6. The van der Waals surface area contributed by atoms with Crippen LogP contribution in [0, 0.1) is 10.1 Å². The predicted octanol–water partition coefficient (Wildman–Crippen LogP) is 2.27. The lowest BCUT2D eigenvalue weighted by Gasteiger charge is -2.08. The molecule has 1 N–H and O–H groups in total. The summed E-state index contributed by atoms with van der Waals surface area (Å²) >= 11 is 0. The fourth-order valence-corrected chi connectivity index (χ4v) is 2.48. The number of non-ortho nitro benzene ring substituents is 1. The van der Waals surface area contributed by atoms with E-state index >= 15 is 0 Å². The Morgan fingerprint density at radius 3 is 2.50 bits per heavy atom. The van der Waals surface area contributed by atoms with Gasteiger partial charge in [-0.3, -0.25) is 14.9 Å². The van der Waals surface area contributed by atoms with Crippen LogP contribution in [0.15, 0.2) is 55.1 Å². The number of nitro benzene ring substituents is 1. The van der Waals surface area contributed by atoms with Gasteiger partial charge >= 0.3 is 5.97 Å². The molecule has 1 aromatic heterocycles. The molecule has 1 heterocycles. The van der Waals surface area contributed by atoms with Gasteiger partial charge in [0.25, 0.3) is 11.6 Å². The van der Waals surface area contributed by atoms with E-state index in [4.69, 9.17) is 0 Å². The normalized spacial score (nSPS) is 10.3. The first-order chi connectivity index (χ1) is 13.5. The third-order valence-corrected chi connectivity index (χ3v) is 3.83. The lowest BCUT2D eigenvalue weighted by Crippen LogP contribution is -2.14.